The second-order valence-corrected chi connectivity index (χ2v) is 7.11. The molecule has 0 aromatic heterocycles. The van der Waals surface area contributed by atoms with Crippen LogP contribution in [0.2, 0.25) is 5.02 Å². The van der Waals surface area contributed by atoms with Gasteiger partial charge in [0.2, 0.25) is 0 Å². The van der Waals surface area contributed by atoms with Gasteiger partial charge in [0.25, 0.3) is 0 Å². The van der Waals surface area contributed by atoms with Crippen molar-refractivity contribution in [2.75, 3.05) is 23.7 Å². The Hall–Kier alpha value is -0.540. The van der Waals surface area contributed by atoms with Crippen LogP contribution in [0.25, 0.3) is 0 Å². The zero-order chi connectivity index (χ0) is 12.6. The molecule has 2 nitrogen and oxygen atoms in total. The maximum Gasteiger partial charge on any atom is 0.0656 e. The maximum atomic E-state index is 6.12. The van der Waals surface area contributed by atoms with Crippen molar-refractivity contribution in [3.05, 3.63) is 22.7 Å². The van der Waals surface area contributed by atoms with Crippen molar-refractivity contribution in [3.63, 3.8) is 0 Å². The van der Waals surface area contributed by atoms with Gasteiger partial charge < -0.3 is 10.6 Å². The summed E-state index contributed by atoms with van der Waals surface area (Å²) in [6.07, 6.45) is 0. The average molecular weight is 271 g/mol. The first-order chi connectivity index (χ1) is 7.97. The van der Waals surface area contributed by atoms with Crippen LogP contribution in [0.4, 0.5) is 11.4 Å². The predicted molar refractivity (Wildman–Crippen MR) is 79.3 cm³/mol. The summed E-state index contributed by atoms with van der Waals surface area (Å²) < 4.78 is 0. The highest BCUT2D eigenvalue weighted by Crippen LogP contribution is 2.33. The molecule has 1 saturated heterocycles. The van der Waals surface area contributed by atoms with Gasteiger partial charge in [0.15, 0.2) is 0 Å². The van der Waals surface area contributed by atoms with Gasteiger partial charge in [-0.25, -0.2) is 0 Å². The molecule has 2 atom stereocenters. The van der Waals surface area contributed by atoms with Crippen LogP contribution in [-0.4, -0.2) is 23.6 Å². The summed E-state index contributed by atoms with van der Waals surface area (Å²) in [6.45, 7) is 8.81. The number of hydrogen-bond donors (Lipinski definition) is 1. The molecule has 2 rings (SSSR count). The molecule has 1 aromatic rings. The number of nitrogens with two attached hydrogens (primary N) is 1. The van der Waals surface area contributed by atoms with Gasteiger partial charge in [-0.15, -0.1) is 0 Å². The van der Waals surface area contributed by atoms with Gasteiger partial charge in [-0.3, -0.25) is 0 Å². The summed E-state index contributed by atoms with van der Waals surface area (Å²) in [5, 5.41) is 1.98. The van der Waals surface area contributed by atoms with Crippen molar-refractivity contribution in [1.29, 1.82) is 0 Å². The second-order valence-electron chi connectivity index (χ2n) is 4.82. The van der Waals surface area contributed by atoms with E-state index in [0.29, 0.717) is 21.2 Å². The van der Waals surface area contributed by atoms with E-state index in [-0.39, 0.29) is 0 Å². The van der Waals surface area contributed by atoms with E-state index in [0.717, 1.165) is 13.1 Å². The molecule has 94 valence electrons. The summed E-state index contributed by atoms with van der Waals surface area (Å²) in [6, 6.07) is 3.97. The fourth-order valence-electron chi connectivity index (χ4n) is 2.41. The summed E-state index contributed by atoms with van der Waals surface area (Å²) in [7, 11) is 0. The number of nitrogens with zero attached hydrogens (tertiary/aromatic N) is 1. The first-order valence-corrected chi connectivity index (χ1v) is 7.25. The Balaban J connectivity index is 2.30. The topological polar surface area (TPSA) is 29.3 Å². The summed E-state index contributed by atoms with van der Waals surface area (Å²) >= 11 is 8.17. The maximum absolute atomic E-state index is 6.12. The van der Waals surface area contributed by atoms with E-state index in [4.69, 9.17) is 17.3 Å². The number of thioether (sulfide) groups is 1. The van der Waals surface area contributed by atoms with E-state index in [9.17, 15) is 0 Å². The molecule has 0 amide bonds. The molecule has 0 bridgehead atoms. The Morgan fingerprint density at radius 1 is 1.29 bits per heavy atom. The number of benzene rings is 1. The molecule has 0 aliphatic carbocycles. The predicted octanol–water partition coefficient (Wildman–Crippen LogP) is 3.56. The minimum atomic E-state index is 0.657. The normalized spacial score (nSPS) is 25.1. The smallest absolute Gasteiger partial charge is 0.0656 e. The van der Waals surface area contributed by atoms with Crippen molar-refractivity contribution >= 4 is 34.7 Å². The molecule has 1 aliphatic heterocycles. The van der Waals surface area contributed by atoms with Crippen LogP contribution >= 0.6 is 23.4 Å². The van der Waals surface area contributed by atoms with Crippen LogP contribution in [0.3, 0.4) is 0 Å². The first-order valence-electron chi connectivity index (χ1n) is 5.93. The number of nitrogen functional groups attached to an aromatic ring is 1. The fourth-order valence-corrected chi connectivity index (χ4v) is 3.89. The van der Waals surface area contributed by atoms with E-state index in [1.54, 1.807) is 0 Å². The van der Waals surface area contributed by atoms with Crippen molar-refractivity contribution < 1.29 is 0 Å². The molecule has 17 heavy (non-hydrogen) atoms. The highest BCUT2D eigenvalue weighted by atomic mass is 35.5. The zero-order valence-electron chi connectivity index (χ0n) is 10.5. The van der Waals surface area contributed by atoms with Crippen molar-refractivity contribution in [3.8, 4) is 0 Å². The Labute approximate surface area is 113 Å². The first kappa shape index (κ1) is 12.9. The summed E-state index contributed by atoms with van der Waals surface area (Å²) in [4.78, 5) is 2.42. The fraction of sp³-hybridized carbons (Fsp3) is 0.538. The lowest BCUT2D eigenvalue weighted by Gasteiger charge is -2.37. The van der Waals surface area contributed by atoms with E-state index < -0.39 is 0 Å². The lowest BCUT2D eigenvalue weighted by molar-refractivity contribution is 0.726. The van der Waals surface area contributed by atoms with Crippen LogP contribution in [0, 0.1) is 6.92 Å². The Kier molecular flexibility index (Phi) is 3.79. The lowest BCUT2D eigenvalue weighted by Crippen LogP contribution is -2.40. The standard InChI is InChI=1S/C13H19ClN2S/c1-8-4-12(15)11(14)5-13(8)16-6-9(2)17-10(3)7-16/h4-5,9-10H,6-7,15H2,1-3H3. The van der Waals surface area contributed by atoms with Crippen LogP contribution in [-0.2, 0) is 0 Å². The molecule has 0 spiro atoms. The van der Waals surface area contributed by atoms with Crippen LogP contribution in [0.1, 0.15) is 19.4 Å². The van der Waals surface area contributed by atoms with Gasteiger partial charge in [0.05, 0.1) is 10.7 Å². The summed E-state index contributed by atoms with van der Waals surface area (Å²) in [5.41, 5.74) is 8.92. The van der Waals surface area contributed by atoms with Crippen LogP contribution in [0.15, 0.2) is 12.1 Å². The van der Waals surface area contributed by atoms with E-state index >= 15 is 0 Å². The molecule has 4 heteroatoms. The molecule has 0 saturated carbocycles. The third-order valence-corrected chi connectivity index (χ3v) is 4.63. The number of aryl methyl sites for hydroxylation is 1. The molecule has 2 N–H and O–H groups in total. The minimum absolute atomic E-state index is 0.657. The number of hydrogen-bond acceptors (Lipinski definition) is 3. The van der Waals surface area contributed by atoms with Gasteiger partial charge >= 0.3 is 0 Å². The Morgan fingerprint density at radius 3 is 2.47 bits per heavy atom. The Morgan fingerprint density at radius 2 is 1.88 bits per heavy atom. The second kappa shape index (κ2) is 4.99. The number of halogens is 1. The molecule has 1 aromatic carbocycles. The molecule has 2 unspecified atom stereocenters. The SMILES string of the molecule is Cc1cc(N)c(Cl)cc1N1CC(C)SC(C)C1. The largest absolute Gasteiger partial charge is 0.398 e. The van der Waals surface area contributed by atoms with E-state index in [1.165, 1.54) is 11.3 Å². The van der Waals surface area contributed by atoms with Crippen molar-refractivity contribution in [1.82, 2.24) is 0 Å². The van der Waals surface area contributed by atoms with Crippen LogP contribution < -0.4 is 10.6 Å². The van der Waals surface area contributed by atoms with Gasteiger partial charge in [-0.2, -0.15) is 11.8 Å². The highest BCUT2D eigenvalue weighted by Gasteiger charge is 2.23. The number of anilines is 2. The zero-order valence-corrected chi connectivity index (χ0v) is 12.1. The molecule has 0 radical (unpaired) electrons. The number of rotatable bonds is 1. The van der Waals surface area contributed by atoms with Crippen molar-refractivity contribution in [2.24, 2.45) is 0 Å². The van der Waals surface area contributed by atoms with Gasteiger partial charge in [-0.1, -0.05) is 25.4 Å². The monoisotopic (exact) mass is 270 g/mol. The van der Waals surface area contributed by atoms with Gasteiger partial charge in [0, 0.05) is 29.3 Å². The Bertz CT molecular complexity index is 412. The molecule has 1 aliphatic rings. The van der Waals surface area contributed by atoms with E-state index in [2.05, 4.69) is 37.4 Å². The molecular formula is C13H19ClN2S. The lowest BCUT2D eigenvalue weighted by atomic mass is 10.1. The molecular weight excluding hydrogens is 252 g/mol. The van der Waals surface area contributed by atoms with Gasteiger partial charge in [-0.05, 0) is 24.6 Å². The minimum Gasteiger partial charge on any atom is -0.398 e. The third kappa shape index (κ3) is 2.83. The third-order valence-electron chi connectivity index (χ3n) is 3.08. The summed E-state index contributed by atoms with van der Waals surface area (Å²) in [5.74, 6) is 0. The average Bonchev–Trinajstić information content (AvgIpc) is 2.22. The molecule has 1 fully saturated rings. The molecule has 1 heterocycles. The van der Waals surface area contributed by atoms with Crippen molar-refractivity contribution in [2.45, 2.75) is 31.3 Å². The van der Waals surface area contributed by atoms with E-state index in [1.807, 2.05) is 12.1 Å². The van der Waals surface area contributed by atoms with Crippen LogP contribution in [0.5, 0.6) is 0 Å². The van der Waals surface area contributed by atoms with Gasteiger partial charge in [0.1, 0.15) is 0 Å². The highest BCUT2D eigenvalue weighted by molar-refractivity contribution is 8.00. The quantitative estimate of drug-likeness (QED) is 0.791.